The van der Waals surface area contributed by atoms with Gasteiger partial charge in [-0.25, -0.2) is 9.37 Å². The summed E-state index contributed by atoms with van der Waals surface area (Å²) in [7, 11) is 3.07. The minimum absolute atomic E-state index is 0.00901. The molecule has 214 valence electrons. The van der Waals surface area contributed by atoms with Gasteiger partial charge in [0.1, 0.15) is 23.1 Å². The summed E-state index contributed by atoms with van der Waals surface area (Å²) in [5.41, 5.74) is 7.51. The molecule has 0 aliphatic carbocycles. The van der Waals surface area contributed by atoms with E-state index in [1.165, 1.54) is 44.7 Å². The topological polar surface area (TPSA) is 119 Å². The molecule has 0 radical (unpaired) electrons. The van der Waals surface area contributed by atoms with Gasteiger partial charge in [-0.15, -0.1) is 0 Å². The number of Topliss-reactive ketones (excluding diaryl/α,β-unsaturated/α-hetero) is 1. The highest BCUT2D eigenvalue weighted by Gasteiger charge is 2.19. The van der Waals surface area contributed by atoms with Crippen LogP contribution < -0.4 is 25.4 Å². The predicted octanol–water partition coefficient (Wildman–Crippen LogP) is 6.00. The van der Waals surface area contributed by atoms with Crippen LogP contribution in [-0.2, 0) is 6.42 Å². The maximum Gasteiger partial charge on any atom is 0.200 e. The molecule has 10 heteroatoms. The summed E-state index contributed by atoms with van der Waals surface area (Å²) in [6, 6.07) is 14.0. The number of rotatable bonds is 9. The Morgan fingerprint density at radius 1 is 0.976 bits per heavy atom. The number of aromatic nitrogens is 3. The van der Waals surface area contributed by atoms with Gasteiger partial charge in [-0.1, -0.05) is 12.1 Å². The smallest absolute Gasteiger partial charge is 0.200 e. The normalized spacial score (nSPS) is 11.1. The minimum Gasteiger partial charge on any atom is -0.493 e. The lowest BCUT2D eigenvalue weighted by Crippen LogP contribution is -2.22. The molecule has 0 amide bonds. The molecule has 0 fully saturated rings. The van der Waals surface area contributed by atoms with Gasteiger partial charge < -0.3 is 24.5 Å². The molecule has 0 atom stereocenters. The Kier molecular flexibility index (Phi) is 7.88. The zero-order chi connectivity index (χ0) is 30.0. The molecular weight excluding hydrogens is 539 g/mol. The standard InChI is InChI=1S/C32H29FN4O5/c1-18(2)37-16-24(19-5-7-20(33)8-6-19)32(39)25(17-37)27(38)11-21-9-10-22(15-35-21)42-28-14-31(34)36-26-13-30(41-4)29(40-3)12-23(26)28/h5-10,12-18H,11H2,1-4H3,(H2,34,36). The fraction of sp³-hybridized carbons (Fsp3) is 0.188. The maximum atomic E-state index is 13.5. The summed E-state index contributed by atoms with van der Waals surface area (Å²) in [5, 5.41) is 0.656. The van der Waals surface area contributed by atoms with Gasteiger partial charge in [0.25, 0.3) is 0 Å². The molecule has 42 heavy (non-hydrogen) atoms. The van der Waals surface area contributed by atoms with Crippen molar-refractivity contribution in [1.29, 1.82) is 0 Å². The maximum absolute atomic E-state index is 13.5. The molecule has 0 unspecified atom stereocenters. The molecular formula is C32H29FN4O5. The van der Waals surface area contributed by atoms with Crippen LogP contribution >= 0.6 is 0 Å². The first-order valence-electron chi connectivity index (χ1n) is 13.2. The molecule has 0 bridgehead atoms. The van der Waals surface area contributed by atoms with E-state index in [9.17, 15) is 14.0 Å². The third kappa shape index (κ3) is 5.78. The number of anilines is 1. The van der Waals surface area contributed by atoms with E-state index in [1.54, 1.807) is 47.3 Å². The number of pyridine rings is 3. The number of carbonyl (C=O) groups excluding carboxylic acids is 1. The summed E-state index contributed by atoms with van der Waals surface area (Å²) in [5.74, 6) is 1.34. The van der Waals surface area contributed by atoms with Crippen molar-refractivity contribution >= 4 is 22.5 Å². The minimum atomic E-state index is -0.419. The monoisotopic (exact) mass is 568 g/mol. The number of hydrogen-bond acceptors (Lipinski definition) is 8. The quantitative estimate of drug-likeness (QED) is 0.215. The van der Waals surface area contributed by atoms with E-state index in [-0.39, 0.29) is 29.6 Å². The largest absolute Gasteiger partial charge is 0.493 e. The van der Waals surface area contributed by atoms with Gasteiger partial charge in [0.15, 0.2) is 22.7 Å². The molecule has 3 heterocycles. The third-order valence-corrected chi connectivity index (χ3v) is 6.76. The molecule has 5 rings (SSSR count). The van der Waals surface area contributed by atoms with Crippen molar-refractivity contribution in [2.75, 3.05) is 20.0 Å². The van der Waals surface area contributed by atoms with E-state index in [0.29, 0.717) is 50.7 Å². The number of fused-ring (bicyclic) bond motifs is 1. The lowest BCUT2D eigenvalue weighted by atomic mass is 10.0. The lowest BCUT2D eigenvalue weighted by Gasteiger charge is -2.15. The van der Waals surface area contributed by atoms with Crippen LogP contribution in [0.25, 0.3) is 22.0 Å². The van der Waals surface area contributed by atoms with Crippen molar-refractivity contribution in [1.82, 2.24) is 14.5 Å². The highest BCUT2D eigenvalue weighted by atomic mass is 19.1. The number of hydrogen-bond donors (Lipinski definition) is 1. The molecule has 9 nitrogen and oxygen atoms in total. The summed E-state index contributed by atoms with van der Waals surface area (Å²) in [6.45, 7) is 3.89. The summed E-state index contributed by atoms with van der Waals surface area (Å²) in [4.78, 5) is 35.4. The number of ether oxygens (including phenoxy) is 3. The molecule has 5 aromatic rings. The Labute approximate surface area is 241 Å². The molecule has 0 spiro atoms. The molecule has 3 aromatic heterocycles. The van der Waals surface area contributed by atoms with Gasteiger partial charge >= 0.3 is 0 Å². The van der Waals surface area contributed by atoms with Crippen LogP contribution in [0.4, 0.5) is 10.2 Å². The van der Waals surface area contributed by atoms with E-state index in [1.807, 2.05) is 13.8 Å². The van der Waals surface area contributed by atoms with Gasteiger partial charge in [0.2, 0.25) is 0 Å². The van der Waals surface area contributed by atoms with Gasteiger partial charge in [-0.2, -0.15) is 0 Å². The van der Waals surface area contributed by atoms with Crippen LogP contribution in [0.1, 0.15) is 35.9 Å². The molecule has 0 aliphatic heterocycles. The molecule has 0 aliphatic rings. The van der Waals surface area contributed by atoms with E-state index >= 15 is 0 Å². The van der Waals surface area contributed by atoms with Crippen molar-refractivity contribution in [2.45, 2.75) is 26.3 Å². The molecule has 0 saturated heterocycles. The van der Waals surface area contributed by atoms with Crippen molar-refractivity contribution in [3.63, 3.8) is 0 Å². The fourth-order valence-electron chi connectivity index (χ4n) is 4.52. The molecule has 2 N–H and O–H groups in total. The number of ketones is 1. The average Bonchev–Trinajstić information content (AvgIpc) is 2.97. The van der Waals surface area contributed by atoms with Crippen LogP contribution in [0.3, 0.4) is 0 Å². The number of nitrogens with two attached hydrogens (primary N) is 1. The highest BCUT2D eigenvalue weighted by Crippen LogP contribution is 2.38. The number of methoxy groups -OCH3 is 2. The SMILES string of the molecule is COc1cc2nc(N)cc(Oc3ccc(CC(=O)c4cn(C(C)C)cc(-c5ccc(F)cc5)c4=O)nc3)c2cc1OC. The second kappa shape index (κ2) is 11.7. The number of nitrogen functional groups attached to an aromatic ring is 1. The second-order valence-corrected chi connectivity index (χ2v) is 9.92. The Morgan fingerprint density at radius 3 is 2.33 bits per heavy atom. The van der Waals surface area contributed by atoms with Crippen molar-refractivity contribution in [2.24, 2.45) is 0 Å². The Morgan fingerprint density at radius 2 is 1.69 bits per heavy atom. The number of halogens is 1. The van der Waals surface area contributed by atoms with Crippen LogP contribution in [-0.4, -0.2) is 34.5 Å². The summed E-state index contributed by atoms with van der Waals surface area (Å²) in [6.07, 6.45) is 4.64. The van der Waals surface area contributed by atoms with Crippen LogP contribution in [0, 0.1) is 5.82 Å². The Bertz CT molecular complexity index is 1830. The van der Waals surface area contributed by atoms with Gasteiger partial charge in [0.05, 0.1) is 37.9 Å². The third-order valence-electron chi connectivity index (χ3n) is 6.76. The van der Waals surface area contributed by atoms with Gasteiger partial charge in [0, 0.05) is 47.2 Å². The van der Waals surface area contributed by atoms with Crippen LogP contribution in [0.2, 0.25) is 0 Å². The summed E-state index contributed by atoms with van der Waals surface area (Å²) < 4.78 is 32.1. The first-order chi connectivity index (χ1) is 20.2. The first-order valence-corrected chi connectivity index (χ1v) is 13.2. The van der Waals surface area contributed by atoms with E-state index in [4.69, 9.17) is 19.9 Å². The van der Waals surface area contributed by atoms with Gasteiger partial charge in [-0.05, 0) is 49.7 Å². The van der Waals surface area contributed by atoms with E-state index in [0.717, 1.165) is 0 Å². The lowest BCUT2D eigenvalue weighted by molar-refractivity contribution is 0.0990. The predicted molar refractivity (Wildman–Crippen MR) is 158 cm³/mol. The zero-order valence-electron chi connectivity index (χ0n) is 23.6. The Hall–Kier alpha value is -5.25. The molecule has 2 aromatic carbocycles. The van der Waals surface area contributed by atoms with Crippen molar-refractivity contribution in [3.05, 3.63) is 100 Å². The summed E-state index contributed by atoms with van der Waals surface area (Å²) >= 11 is 0. The van der Waals surface area contributed by atoms with E-state index in [2.05, 4.69) is 9.97 Å². The van der Waals surface area contributed by atoms with E-state index < -0.39 is 11.2 Å². The second-order valence-electron chi connectivity index (χ2n) is 9.92. The van der Waals surface area contributed by atoms with Gasteiger partial charge in [-0.3, -0.25) is 14.6 Å². The first kappa shape index (κ1) is 28.3. The number of nitrogens with zero attached hydrogens (tertiary/aromatic N) is 3. The number of carbonyl (C=O) groups is 1. The van der Waals surface area contributed by atoms with Crippen LogP contribution in [0.5, 0.6) is 23.0 Å². The van der Waals surface area contributed by atoms with Crippen LogP contribution in [0.15, 0.2) is 78.0 Å². The highest BCUT2D eigenvalue weighted by molar-refractivity contribution is 5.98. The fourth-order valence-corrected chi connectivity index (χ4v) is 4.52. The van der Waals surface area contributed by atoms with Crippen molar-refractivity contribution in [3.8, 4) is 34.1 Å². The number of benzene rings is 2. The Balaban J connectivity index is 1.41. The van der Waals surface area contributed by atoms with Crippen molar-refractivity contribution < 1.29 is 23.4 Å². The average molecular weight is 569 g/mol. The zero-order valence-corrected chi connectivity index (χ0v) is 23.6. The molecule has 0 saturated carbocycles.